The summed E-state index contributed by atoms with van der Waals surface area (Å²) in [6.45, 7) is 2.70. The fraction of sp³-hybridized carbons (Fsp3) is 0.263. The maximum absolute atomic E-state index is 12.7. The third-order valence-electron chi connectivity index (χ3n) is 4.58. The number of ether oxygens (including phenoxy) is 1. The first-order valence-corrected chi connectivity index (χ1v) is 10.1. The van der Waals surface area contributed by atoms with Gasteiger partial charge in [-0.25, -0.2) is 4.98 Å². The quantitative estimate of drug-likeness (QED) is 0.620. The summed E-state index contributed by atoms with van der Waals surface area (Å²) < 4.78 is 6.37. The Balaban J connectivity index is 1.46. The first-order chi connectivity index (χ1) is 13.0. The summed E-state index contributed by atoms with van der Waals surface area (Å²) in [6.07, 6.45) is 0. The number of carbonyl (C=O) groups is 1. The van der Waals surface area contributed by atoms with Gasteiger partial charge in [0.15, 0.2) is 5.13 Å². The van der Waals surface area contributed by atoms with Gasteiger partial charge >= 0.3 is 0 Å². The number of fused-ring (bicyclic) bond motifs is 1. The van der Waals surface area contributed by atoms with E-state index in [0.29, 0.717) is 28.7 Å². The number of hydrogen-bond donors (Lipinski definition) is 0. The van der Waals surface area contributed by atoms with Gasteiger partial charge < -0.3 is 14.5 Å². The Morgan fingerprint density at radius 3 is 2.59 bits per heavy atom. The molecule has 8 heteroatoms. The van der Waals surface area contributed by atoms with Gasteiger partial charge in [-0.2, -0.15) is 0 Å². The number of anilines is 1. The Morgan fingerprint density at radius 2 is 1.89 bits per heavy atom. The lowest BCUT2D eigenvalue weighted by Crippen LogP contribution is -2.48. The van der Waals surface area contributed by atoms with Gasteiger partial charge in [0.1, 0.15) is 5.75 Å². The molecule has 0 unspecified atom stereocenters. The van der Waals surface area contributed by atoms with Gasteiger partial charge in [-0.15, -0.1) is 0 Å². The smallest absolute Gasteiger partial charge is 0.255 e. The van der Waals surface area contributed by atoms with E-state index >= 15 is 0 Å². The second-order valence-electron chi connectivity index (χ2n) is 6.23. The lowest BCUT2D eigenvalue weighted by molar-refractivity contribution is 0.0747. The van der Waals surface area contributed by atoms with Crippen LogP contribution in [0.4, 0.5) is 5.13 Å². The predicted molar refractivity (Wildman–Crippen MR) is 111 cm³/mol. The van der Waals surface area contributed by atoms with Crippen LogP contribution in [0.25, 0.3) is 10.2 Å². The van der Waals surface area contributed by atoms with Gasteiger partial charge in [-0.3, -0.25) is 4.79 Å². The van der Waals surface area contributed by atoms with Gasteiger partial charge in [0, 0.05) is 31.2 Å². The summed E-state index contributed by atoms with van der Waals surface area (Å²) >= 11 is 13.7. The molecule has 1 amide bonds. The molecule has 0 spiro atoms. The third-order valence-corrected chi connectivity index (χ3v) is 6.21. The molecule has 1 fully saturated rings. The van der Waals surface area contributed by atoms with Gasteiger partial charge in [-0.05, 0) is 36.4 Å². The Labute approximate surface area is 171 Å². The van der Waals surface area contributed by atoms with Gasteiger partial charge in [0.25, 0.3) is 5.91 Å². The van der Waals surface area contributed by atoms with E-state index in [-0.39, 0.29) is 5.91 Å². The van der Waals surface area contributed by atoms with Crippen LogP contribution in [0.1, 0.15) is 10.4 Å². The molecule has 1 aliphatic rings. The van der Waals surface area contributed by atoms with E-state index in [1.807, 2.05) is 23.1 Å². The zero-order chi connectivity index (χ0) is 19.0. The van der Waals surface area contributed by atoms with E-state index < -0.39 is 0 Å². The van der Waals surface area contributed by atoms with Crippen molar-refractivity contribution in [1.29, 1.82) is 0 Å². The van der Waals surface area contributed by atoms with Crippen LogP contribution >= 0.6 is 34.5 Å². The summed E-state index contributed by atoms with van der Waals surface area (Å²) in [5, 5.41) is 1.87. The molecule has 0 N–H and O–H groups in total. The second kappa shape index (κ2) is 7.54. The molecule has 3 aromatic rings. The highest BCUT2D eigenvalue weighted by Crippen LogP contribution is 2.32. The molecule has 0 radical (unpaired) electrons. The second-order valence-corrected chi connectivity index (χ2v) is 8.09. The van der Waals surface area contributed by atoms with Crippen LogP contribution in [0.5, 0.6) is 5.75 Å². The summed E-state index contributed by atoms with van der Waals surface area (Å²) in [5.74, 6) is 0.762. The third kappa shape index (κ3) is 3.70. The number of rotatable bonds is 3. The van der Waals surface area contributed by atoms with E-state index in [0.717, 1.165) is 34.2 Å². The molecule has 0 bridgehead atoms. The van der Waals surface area contributed by atoms with E-state index in [1.54, 1.807) is 36.6 Å². The predicted octanol–water partition coefficient (Wildman–Crippen LogP) is 4.57. The monoisotopic (exact) mass is 421 g/mol. The molecule has 2 heterocycles. The lowest BCUT2D eigenvalue weighted by atomic mass is 10.2. The minimum atomic E-state index is -0.0645. The molecule has 5 nitrogen and oxygen atoms in total. The zero-order valence-electron chi connectivity index (χ0n) is 14.6. The van der Waals surface area contributed by atoms with Crippen molar-refractivity contribution in [2.24, 2.45) is 0 Å². The molecule has 0 aliphatic carbocycles. The lowest BCUT2D eigenvalue weighted by Gasteiger charge is -2.34. The number of carbonyl (C=O) groups excluding carboxylic acids is 1. The number of methoxy groups -OCH3 is 1. The van der Waals surface area contributed by atoms with E-state index in [2.05, 4.69) is 4.90 Å². The minimum Gasteiger partial charge on any atom is -0.497 e. The SMILES string of the molecule is COc1ccc2nc(N3CCN(C(=O)c4ccc(Cl)cc4Cl)CC3)sc2c1. The van der Waals surface area contributed by atoms with Crippen LogP contribution in [-0.2, 0) is 0 Å². The highest BCUT2D eigenvalue weighted by molar-refractivity contribution is 7.22. The highest BCUT2D eigenvalue weighted by Gasteiger charge is 2.25. The van der Waals surface area contributed by atoms with E-state index in [4.69, 9.17) is 32.9 Å². The number of hydrogen-bond acceptors (Lipinski definition) is 5. The molecular formula is C19H17Cl2N3O2S. The van der Waals surface area contributed by atoms with Gasteiger partial charge in [-0.1, -0.05) is 34.5 Å². The number of aromatic nitrogens is 1. The Hall–Kier alpha value is -2.02. The number of amides is 1. The largest absolute Gasteiger partial charge is 0.497 e. The van der Waals surface area contributed by atoms with Gasteiger partial charge in [0.05, 0.1) is 27.9 Å². The van der Waals surface area contributed by atoms with Crippen molar-refractivity contribution < 1.29 is 9.53 Å². The Kier molecular flexibility index (Phi) is 5.12. The molecule has 4 rings (SSSR count). The van der Waals surface area contributed by atoms with Crippen LogP contribution in [0, 0.1) is 0 Å². The van der Waals surface area contributed by atoms with Crippen molar-refractivity contribution in [3.8, 4) is 5.75 Å². The number of nitrogens with zero attached hydrogens (tertiary/aromatic N) is 3. The summed E-state index contributed by atoms with van der Waals surface area (Å²) in [7, 11) is 1.66. The van der Waals surface area contributed by atoms with Gasteiger partial charge in [0.2, 0.25) is 0 Å². The van der Waals surface area contributed by atoms with Crippen molar-refractivity contribution in [3.05, 3.63) is 52.0 Å². The fourth-order valence-corrected chi connectivity index (χ4v) is 4.62. The van der Waals surface area contributed by atoms with Crippen molar-refractivity contribution in [2.75, 3.05) is 38.2 Å². The normalized spacial score (nSPS) is 14.6. The zero-order valence-corrected chi connectivity index (χ0v) is 16.9. The topological polar surface area (TPSA) is 45.7 Å². The van der Waals surface area contributed by atoms with Crippen LogP contribution in [-0.4, -0.2) is 49.1 Å². The standard InChI is InChI=1S/C19H17Cl2N3O2S/c1-26-13-3-5-16-17(11-13)27-19(22-16)24-8-6-23(7-9-24)18(25)14-4-2-12(20)10-15(14)21/h2-5,10-11H,6-9H2,1H3. The minimum absolute atomic E-state index is 0.0645. The molecule has 2 aromatic carbocycles. The number of benzene rings is 2. The average Bonchev–Trinajstić information content (AvgIpc) is 3.11. The van der Waals surface area contributed by atoms with Crippen LogP contribution in [0.3, 0.4) is 0 Å². The molecule has 140 valence electrons. The molecular weight excluding hydrogens is 405 g/mol. The number of piperazine rings is 1. The van der Waals surface area contributed by atoms with Crippen molar-refractivity contribution in [1.82, 2.24) is 9.88 Å². The average molecular weight is 422 g/mol. The molecule has 1 aliphatic heterocycles. The first-order valence-electron chi connectivity index (χ1n) is 8.49. The molecule has 0 saturated carbocycles. The maximum Gasteiger partial charge on any atom is 0.255 e. The maximum atomic E-state index is 12.7. The summed E-state index contributed by atoms with van der Waals surface area (Å²) in [5.41, 5.74) is 1.45. The van der Waals surface area contributed by atoms with E-state index in [9.17, 15) is 4.79 Å². The van der Waals surface area contributed by atoms with Crippen LogP contribution in [0.15, 0.2) is 36.4 Å². The molecule has 1 aromatic heterocycles. The fourth-order valence-electron chi connectivity index (χ4n) is 3.09. The summed E-state index contributed by atoms with van der Waals surface area (Å²) in [6, 6.07) is 10.8. The highest BCUT2D eigenvalue weighted by atomic mass is 35.5. The van der Waals surface area contributed by atoms with Crippen molar-refractivity contribution >= 4 is 55.8 Å². The van der Waals surface area contributed by atoms with Crippen molar-refractivity contribution in [2.45, 2.75) is 0 Å². The van der Waals surface area contributed by atoms with Crippen LogP contribution in [0.2, 0.25) is 10.0 Å². The molecule has 27 heavy (non-hydrogen) atoms. The summed E-state index contributed by atoms with van der Waals surface area (Å²) in [4.78, 5) is 21.5. The Bertz CT molecular complexity index is 1000. The Morgan fingerprint density at radius 1 is 1.11 bits per heavy atom. The number of thiazole rings is 1. The van der Waals surface area contributed by atoms with Crippen molar-refractivity contribution in [3.63, 3.8) is 0 Å². The first kappa shape index (κ1) is 18.3. The van der Waals surface area contributed by atoms with E-state index in [1.165, 1.54) is 0 Å². The molecule has 1 saturated heterocycles. The molecule has 0 atom stereocenters. The van der Waals surface area contributed by atoms with Crippen LogP contribution < -0.4 is 9.64 Å². The number of halogens is 2.